The third kappa shape index (κ3) is 2.01. The average Bonchev–Trinajstić information content (AvgIpc) is 2.22. The van der Waals surface area contributed by atoms with Crippen molar-refractivity contribution in [3.05, 3.63) is 28.2 Å². The number of rotatable bonds is 2. The second-order valence-electron chi connectivity index (χ2n) is 3.40. The van der Waals surface area contributed by atoms with Gasteiger partial charge in [-0.15, -0.1) is 0 Å². The van der Waals surface area contributed by atoms with E-state index in [0.29, 0.717) is 5.69 Å². The van der Waals surface area contributed by atoms with E-state index in [4.69, 9.17) is 5.73 Å². The van der Waals surface area contributed by atoms with Crippen LogP contribution in [0.2, 0.25) is 0 Å². The Bertz CT molecular complexity index is 437. The van der Waals surface area contributed by atoms with Crippen LogP contribution in [0.5, 0.6) is 0 Å². The summed E-state index contributed by atoms with van der Waals surface area (Å²) >= 11 is 0. The Balaban J connectivity index is 3.30. The van der Waals surface area contributed by atoms with Gasteiger partial charge in [0.1, 0.15) is 6.04 Å². The van der Waals surface area contributed by atoms with E-state index in [1.54, 1.807) is 26.0 Å². The number of amides is 1. The molecule has 0 aliphatic rings. The lowest BCUT2D eigenvalue weighted by Gasteiger charge is -2.16. The molecule has 0 unspecified atom stereocenters. The van der Waals surface area contributed by atoms with Gasteiger partial charge in [-0.05, 0) is 26.0 Å². The summed E-state index contributed by atoms with van der Waals surface area (Å²) in [5, 5.41) is 2.50. The Hall–Kier alpha value is -1.78. The van der Waals surface area contributed by atoms with Gasteiger partial charge in [-0.3, -0.25) is 14.2 Å². The van der Waals surface area contributed by atoms with Crippen LogP contribution in [0.1, 0.15) is 18.7 Å². The molecule has 1 amide bonds. The number of hydrogen-bond donors (Lipinski definition) is 2. The van der Waals surface area contributed by atoms with E-state index < -0.39 is 6.04 Å². The molecule has 82 valence electrons. The van der Waals surface area contributed by atoms with Crippen molar-refractivity contribution in [2.24, 2.45) is 0 Å². The number of nitrogens with two attached hydrogens (primary N) is 1. The Morgan fingerprint density at radius 1 is 1.53 bits per heavy atom. The minimum atomic E-state index is -0.550. The number of aromatic nitrogens is 1. The molecule has 0 aliphatic carbocycles. The summed E-state index contributed by atoms with van der Waals surface area (Å²) < 4.78 is 1.38. The van der Waals surface area contributed by atoms with E-state index in [1.165, 1.54) is 11.6 Å². The number of likely N-dealkylation sites (N-methyl/N-ethyl adjacent to an activating group) is 1. The van der Waals surface area contributed by atoms with Crippen LogP contribution in [0.15, 0.2) is 16.9 Å². The molecule has 0 aromatic carbocycles. The van der Waals surface area contributed by atoms with Gasteiger partial charge in [0, 0.05) is 12.7 Å². The SMILES string of the molecule is CNC(=O)[C@@H](C)n1c(C)ccc(N)c1=O. The molecule has 1 aromatic rings. The molecule has 0 saturated heterocycles. The van der Waals surface area contributed by atoms with Crippen LogP contribution >= 0.6 is 0 Å². The Morgan fingerprint density at radius 3 is 2.67 bits per heavy atom. The fourth-order valence-corrected chi connectivity index (χ4v) is 1.47. The molecule has 0 spiro atoms. The van der Waals surface area contributed by atoms with Crippen LogP contribution in [0.25, 0.3) is 0 Å². The highest BCUT2D eigenvalue weighted by Crippen LogP contribution is 2.08. The first-order chi connectivity index (χ1) is 6.99. The first kappa shape index (κ1) is 11.3. The number of anilines is 1. The Kier molecular flexibility index (Phi) is 3.14. The van der Waals surface area contributed by atoms with E-state index in [0.717, 1.165) is 0 Å². The molecule has 0 saturated carbocycles. The third-order valence-corrected chi connectivity index (χ3v) is 2.36. The number of nitrogen functional groups attached to an aromatic ring is 1. The molecule has 0 fully saturated rings. The van der Waals surface area contributed by atoms with Crippen molar-refractivity contribution in [3.63, 3.8) is 0 Å². The molecule has 0 radical (unpaired) electrons. The van der Waals surface area contributed by atoms with Gasteiger partial charge < -0.3 is 11.1 Å². The fourth-order valence-electron chi connectivity index (χ4n) is 1.47. The van der Waals surface area contributed by atoms with Gasteiger partial charge >= 0.3 is 0 Å². The Labute approximate surface area is 87.9 Å². The maximum absolute atomic E-state index is 11.7. The first-order valence-corrected chi connectivity index (χ1v) is 4.68. The lowest BCUT2D eigenvalue weighted by Crippen LogP contribution is -2.35. The molecule has 1 atom stereocenters. The van der Waals surface area contributed by atoms with Gasteiger partial charge in [0.05, 0.1) is 5.69 Å². The van der Waals surface area contributed by atoms with E-state index in [9.17, 15) is 9.59 Å². The third-order valence-electron chi connectivity index (χ3n) is 2.36. The second-order valence-corrected chi connectivity index (χ2v) is 3.40. The predicted molar refractivity (Wildman–Crippen MR) is 58.6 cm³/mol. The quantitative estimate of drug-likeness (QED) is 0.722. The van der Waals surface area contributed by atoms with Crippen molar-refractivity contribution in [1.82, 2.24) is 9.88 Å². The molecule has 0 aliphatic heterocycles. The fraction of sp³-hybridized carbons (Fsp3) is 0.400. The molecule has 1 rings (SSSR count). The predicted octanol–water partition coefficient (Wildman–Crippen LogP) is 0.0459. The summed E-state index contributed by atoms with van der Waals surface area (Å²) in [6.45, 7) is 3.42. The van der Waals surface area contributed by atoms with Gasteiger partial charge in [-0.25, -0.2) is 0 Å². The van der Waals surface area contributed by atoms with Crippen molar-refractivity contribution >= 4 is 11.6 Å². The monoisotopic (exact) mass is 209 g/mol. The highest BCUT2D eigenvalue weighted by molar-refractivity contribution is 5.79. The maximum atomic E-state index is 11.7. The maximum Gasteiger partial charge on any atom is 0.274 e. The van der Waals surface area contributed by atoms with E-state index in [-0.39, 0.29) is 17.2 Å². The van der Waals surface area contributed by atoms with Crippen molar-refractivity contribution in [2.45, 2.75) is 19.9 Å². The zero-order valence-electron chi connectivity index (χ0n) is 9.07. The number of carbonyl (C=O) groups is 1. The molecule has 1 aromatic heterocycles. The normalized spacial score (nSPS) is 12.2. The van der Waals surface area contributed by atoms with E-state index in [2.05, 4.69) is 5.32 Å². The standard InChI is InChI=1S/C10H15N3O2/c1-6-4-5-8(11)10(15)13(6)7(2)9(14)12-3/h4-5,7H,11H2,1-3H3,(H,12,14)/t7-/m1/s1. The summed E-state index contributed by atoms with van der Waals surface area (Å²) in [4.78, 5) is 23.1. The van der Waals surface area contributed by atoms with Crippen molar-refractivity contribution in [1.29, 1.82) is 0 Å². The van der Waals surface area contributed by atoms with Crippen LogP contribution in [0.4, 0.5) is 5.69 Å². The molecule has 1 heterocycles. The zero-order chi connectivity index (χ0) is 11.6. The minimum absolute atomic E-state index is 0.149. The van der Waals surface area contributed by atoms with Gasteiger partial charge in [-0.2, -0.15) is 0 Å². The van der Waals surface area contributed by atoms with E-state index >= 15 is 0 Å². The average molecular weight is 209 g/mol. The molecule has 5 heteroatoms. The molecule has 5 nitrogen and oxygen atoms in total. The van der Waals surface area contributed by atoms with Crippen molar-refractivity contribution in [2.75, 3.05) is 12.8 Å². The topological polar surface area (TPSA) is 77.1 Å². The van der Waals surface area contributed by atoms with Crippen LogP contribution in [0, 0.1) is 6.92 Å². The first-order valence-electron chi connectivity index (χ1n) is 4.68. The lowest BCUT2D eigenvalue weighted by molar-refractivity contribution is -0.123. The zero-order valence-corrected chi connectivity index (χ0v) is 9.07. The number of nitrogens with zero attached hydrogens (tertiary/aromatic N) is 1. The van der Waals surface area contributed by atoms with Gasteiger partial charge in [0.15, 0.2) is 0 Å². The lowest BCUT2D eigenvalue weighted by atomic mass is 10.2. The summed E-state index contributed by atoms with van der Waals surface area (Å²) in [6, 6.07) is 2.71. The largest absolute Gasteiger partial charge is 0.394 e. The number of pyridine rings is 1. The summed E-state index contributed by atoms with van der Waals surface area (Å²) in [5.74, 6) is -0.217. The second kappa shape index (κ2) is 4.16. The van der Waals surface area contributed by atoms with E-state index in [1.807, 2.05) is 0 Å². The smallest absolute Gasteiger partial charge is 0.274 e. The van der Waals surface area contributed by atoms with Crippen LogP contribution in [-0.4, -0.2) is 17.5 Å². The van der Waals surface area contributed by atoms with Gasteiger partial charge in [0.25, 0.3) is 5.56 Å². The number of carbonyl (C=O) groups excluding carboxylic acids is 1. The Morgan fingerprint density at radius 2 is 2.13 bits per heavy atom. The highest BCUT2D eigenvalue weighted by Gasteiger charge is 2.16. The number of aryl methyl sites for hydroxylation is 1. The van der Waals surface area contributed by atoms with Crippen LogP contribution in [0.3, 0.4) is 0 Å². The van der Waals surface area contributed by atoms with Gasteiger partial charge in [-0.1, -0.05) is 0 Å². The molecule has 0 bridgehead atoms. The van der Waals surface area contributed by atoms with Crippen LogP contribution in [-0.2, 0) is 4.79 Å². The van der Waals surface area contributed by atoms with Crippen molar-refractivity contribution in [3.8, 4) is 0 Å². The molecular weight excluding hydrogens is 194 g/mol. The van der Waals surface area contributed by atoms with Crippen molar-refractivity contribution < 1.29 is 4.79 Å². The summed E-state index contributed by atoms with van der Waals surface area (Å²) in [6.07, 6.45) is 0. The van der Waals surface area contributed by atoms with Gasteiger partial charge in [0.2, 0.25) is 5.91 Å². The minimum Gasteiger partial charge on any atom is -0.394 e. The molecule has 15 heavy (non-hydrogen) atoms. The number of nitrogens with one attached hydrogen (secondary N) is 1. The highest BCUT2D eigenvalue weighted by atomic mass is 16.2. The molecular formula is C10H15N3O2. The summed E-state index contributed by atoms with van der Waals surface area (Å²) in [7, 11) is 1.53. The van der Waals surface area contributed by atoms with Crippen LogP contribution < -0.4 is 16.6 Å². The number of hydrogen-bond acceptors (Lipinski definition) is 3. The summed E-state index contributed by atoms with van der Waals surface area (Å²) in [5.41, 5.74) is 6.04. The molecule has 3 N–H and O–H groups in total.